The summed E-state index contributed by atoms with van der Waals surface area (Å²) in [6.45, 7) is 0. The molecule has 0 spiro atoms. The fourth-order valence-electron chi connectivity index (χ4n) is 3.01. The number of rotatable bonds is 4. The van der Waals surface area contributed by atoms with Gasteiger partial charge < -0.3 is 14.8 Å². The van der Waals surface area contributed by atoms with E-state index in [-0.39, 0.29) is 0 Å². The first kappa shape index (κ1) is 15.3. The molecule has 0 fully saturated rings. The fraction of sp³-hybridized carbons (Fsp3) is 0.158. The van der Waals surface area contributed by atoms with Crippen molar-refractivity contribution in [1.29, 1.82) is 0 Å². The number of fused-ring (bicyclic) bond motifs is 3. The molecule has 0 radical (unpaired) electrons. The first-order valence-corrected chi connectivity index (χ1v) is 7.92. The van der Waals surface area contributed by atoms with E-state index in [1.165, 1.54) is 0 Å². The molecule has 1 N–H and O–H groups in total. The fourth-order valence-corrected chi connectivity index (χ4v) is 3.01. The van der Waals surface area contributed by atoms with E-state index in [9.17, 15) is 0 Å². The third kappa shape index (κ3) is 2.42. The van der Waals surface area contributed by atoms with E-state index in [4.69, 9.17) is 9.47 Å². The molecule has 4 aromatic rings. The monoisotopic (exact) mass is 334 g/mol. The highest BCUT2D eigenvalue weighted by atomic mass is 16.5. The van der Waals surface area contributed by atoms with Gasteiger partial charge in [-0.25, -0.2) is 9.97 Å². The lowest BCUT2D eigenvalue weighted by Gasteiger charge is -2.11. The zero-order valence-electron chi connectivity index (χ0n) is 14.3. The van der Waals surface area contributed by atoms with Crippen molar-refractivity contribution >= 4 is 22.5 Å². The van der Waals surface area contributed by atoms with Gasteiger partial charge in [0, 0.05) is 18.7 Å². The van der Waals surface area contributed by atoms with Crippen molar-refractivity contribution in [2.24, 2.45) is 0 Å². The van der Waals surface area contributed by atoms with Crippen LogP contribution in [0.4, 0.5) is 5.82 Å². The quantitative estimate of drug-likeness (QED) is 0.618. The van der Waals surface area contributed by atoms with Crippen molar-refractivity contribution in [2.45, 2.75) is 0 Å². The highest BCUT2D eigenvalue weighted by Crippen LogP contribution is 2.33. The molecule has 126 valence electrons. The Morgan fingerprint density at radius 3 is 2.40 bits per heavy atom. The average molecular weight is 334 g/mol. The lowest BCUT2D eigenvalue weighted by Crippen LogP contribution is -2.00. The predicted octanol–water partition coefficient (Wildman–Crippen LogP) is 3.61. The third-order valence-electron chi connectivity index (χ3n) is 4.21. The average Bonchev–Trinajstić information content (AvgIpc) is 3.12. The number of aromatic nitrogens is 3. The van der Waals surface area contributed by atoms with Crippen molar-refractivity contribution in [1.82, 2.24) is 14.4 Å². The van der Waals surface area contributed by atoms with Crippen LogP contribution in [0.5, 0.6) is 11.5 Å². The van der Waals surface area contributed by atoms with Gasteiger partial charge >= 0.3 is 0 Å². The number of nitrogens with one attached hydrogen (secondary N) is 1. The number of methoxy groups -OCH3 is 2. The Hall–Kier alpha value is -3.28. The molecule has 0 saturated carbocycles. The van der Waals surface area contributed by atoms with E-state index in [2.05, 4.69) is 19.7 Å². The van der Waals surface area contributed by atoms with Gasteiger partial charge in [0.05, 0.1) is 37.1 Å². The number of hydrogen-bond donors (Lipinski definition) is 1. The summed E-state index contributed by atoms with van der Waals surface area (Å²) in [4.78, 5) is 9.24. The molecule has 0 amide bonds. The van der Waals surface area contributed by atoms with Gasteiger partial charge in [-0.1, -0.05) is 12.1 Å². The topological polar surface area (TPSA) is 60.7 Å². The minimum absolute atomic E-state index is 0.733. The summed E-state index contributed by atoms with van der Waals surface area (Å²) in [5.41, 5.74) is 4.57. The Bertz CT molecular complexity index is 1050. The normalized spacial score (nSPS) is 11.0. The van der Waals surface area contributed by atoms with E-state index in [1.54, 1.807) is 14.2 Å². The van der Waals surface area contributed by atoms with Crippen LogP contribution in [-0.4, -0.2) is 35.6 Å². The lowest BCUT2D eigenvalue weighted by atomic mass is 10.1. The number of hydrogen-bond acceptors (Lipinski definition) is 5. The van der Waals surface area contributed by atoms with E-state index in [1.807, 2.05) is 55.7 Å². The second-order valence-electron chi connectivity index (χ2n) is 5.60. The van der Waals surface area contributed by atoms with Gasteiger partial charge in [0.25, 0.3) is 0 Å². The molecule has 6 heteroatoms. The molecule has 2 heterocycles. The van der Waals surface area contributed by atoms with Crippen LogP contribution in [0.3, 0.4) is 0 Å². The molecule has 0 bridgehead atoms. The molecule has 0 atom stereocenters. The number of imidazole rings is 1. The van der Waals surface area contributed by atoms with Gasteiger partial charge in [-0.2, -0.15) is 0 Å². The zero-order valence-corrected chi connectivity index (χ0v) is 14.3. The van der Waals surface area contributed by atoms with Crippen molar-refractivity contribution < 1.29 is 9.47 Å². The Morgan fingerprint density at radius 2 is 1.72 bits per heavy atom. The second kappa shape index (κ2) is 5.98. The largest absolute Gasteiger partial charge is 0.497 e. The summed E-state index contributed by atoms with van der Waals surface area (Å²) >= 11 is 0. The van der Waals surface area contributed by atoms with Gasteiger partial charge in [-0.3, -0.25) is 4.40 Å². The molecule has 0 saturated heterocycles. The number of anilines is 1. The zero-order chi connectivity index (χ0) is 17.4. The molecule has 0 unspecified atom stereocenters. The van der Waals surface area contributed by atoms with Crippen LogP contribution in [0.25, 0.3) is 27.9 Å². The summed E-state index contributed by atoms with van der Waals surface area (Å²) in [6, 6.07) is 13.8. The lowest BCUT2D eigenvalue weighted by molar-refractivity contribution is 0.394. The molecule has 4 rings (SSSR count). The minimum atomic E-state index is 0.733. The Kier molecular flexibility index (Phi) is 3.65. The Morgan fingerprint density at radius 1 is 1.00 bits per heavy atom. The van der Waals surface area contributed by atoms with Gasteiger partial charge in [-0.05, 0) is 24.3 Å². The molecule has 0 aliphatic rings. The van der Waals surface area contributed by atoms with Crippen LogP contribution < -0.4 is 14.8 Å². The molecule has 2 aromatic heterocycles. The van der Waals surface area contributed by atoms with Crippen LogP contribution >= 0.6 is 0 Å². The first-order chi connectivity index (χ1) is 12.2. The van der Waals surface area contributed by atoms with Crippen molar-refractivity contribution in [3.8, 4) is 22.8 Å². The number of nitrogens with zero attached hydrogens (tertiary/aromatic N) is 3. The molecule has 6 nitrogen and oxygen atoms in total. The van der Waals surface area contributed by atoms with Crippen LogP contribution in [0.1, 0.15) is 0 Å². The molecular formula is C19H18N4O2. The minimum Gasteiger partial charge on any atom is -0.497 e. The van der Waals surface area contributed by atoms with E-state index >= 15 is 0 Å². The maximum atomic E-state index is 5.41. The van der Waals surface area contributed by atoms with Gasteiger partial charge in [-0.15, -0.1) is 0 Å². The van der Waals surface area contributed by atoms with E-state index in [0.717, 1.165) is 45.3 Å². The Balaban J connectivity index is 2.08. The summed E-state index contributed by atoms with van der Waals surface area (Å²) in [5.74, 6) is 2.20. The van der Waals surface area contributed by atoms with Gasteiger partial charge in [0.1, 0.15) is 11.5 Å². The molecular weight excluding hydrogens is 316 g/mol. The summed E-state index contributed by atoms with van der Waals surface area (Å²) in [6.07, 6.45) is 1.85. The van der Waals surface area contributed by atoms with E-state index < -0.39 is 0 Å². The first-order valence-electron chi connectivity index (χ1n) is 7.92. The summed E-state index contributed by atoms with van der Waals surface area (Å²) in [5, 5.41) is 3.13. The van der Waals surface area contributed by atoms with Gasteiger partial charge in [0.2, 0.25) is 0 Å². The number of para-hydroxylation sites is 2. The Labute approximate surface area is 145 Å². The van der Waals surface area contributed by atoms with Crippen LogP contribution in [-0.2, 0) is 0 Å². The van der Waals surface area contributed by atoms with Crippen molar-refractivity contribution in [3.05, 3.63) is 48.7 Å². The molecule has 2 aromatic carbocycles. The maximum Gasteiger partial charge on any atom is 0.181 e. The van der Waals surface area contributed by atoms with Crippen molar-refractivity contribution in [2.75, 3.05) is 26.6 Å². The van der Waals surface area contributed by atoms with Crippen LogP contribution in [0.2, 0.25) is 0 Å². The molecule has 25 heavy (non-hydrogen) atoms. The molecule has 0 aliphatic carbocycles. The van der Waals surface area contributed by atoms with Crippen molar-refractivity contribution in [3.63, 3.8) is 0 Å². The highest BCUT2D eigenvalue weighted by molar-refractivity contribution is 5.86. The predicted molar refractivity (Wildman–Crippen MR) is 98.6 cm³/mol. The van der Waals surface area contributed by atoms with Crippen LogP contribution in [0.15, 0.2) is 48.7 Å². The maximum absolute atomic E-state index is 5.41. The number of benzene rings is 2. The smallest absolute Gasteiger partial charge is 0.181 e. The number of ether oxygens (including phenoxy) is 2. The molecule has 0 aliphatic heterocycles. The van der Waals surface area contributed by atoms with Crippen LogP contribution in [0, 0.1) is 0 Å². The van der Waals surface area contributed by atoms with E-state index in [0.29, 0.717) is 0 Å². The standard InChI is InChI=1S/C19H18N4O2/c1-20-18-19-21-11-17(12-8-13(24-2)10-14(9-12)25-3)23(19)16-7-5-4-6-15(16)22-18/h4-11H,1-3H3,(H,20,22). The third-order valence-corrected chi connectivity index (χ3v) is 4.21. The second-order valence-corrected chi connectivity index (χ2v) is 5.60. The highest BCUT2D eigenvalue weighted by Gasteiger charge is 2.15. The SMILES string of the molecule is CNc1nc2ccccc2n2c(-c3cc(OC)cc(OC)c3)cnc12. The summed E-state index contributed by atoms with van der Waals surface area (Å²) in [7, 11) is 5.14. The van der Waals surface area contributed by atoms with Gasteiger partial charge in [0.15, 0.2) is 11.5 Å². The summed E-state index contributed by atoms with van der Waals surface area (Å²) < 4.78 is 12.9.